The predicted molar refractivity (Wildman–Crippen MR) is 167 cm³/mol. The molecule has 0 unspecified atom stereocenters. The lowest BCUT2D eigenvalue weighted by molar-refractivity contribution is 0.0785. The number of amides is 1. The molecule has 4 aromatic carbocycles. The molecule has 1 N–H and O–H groups in total. The van der Waals surface area contributed by atoms with Crippen molar-refractivity contribution < 1.29 is 14.1 Å². The van der Waals surface area contributed by atoms with Gasteiger partial charge in [0.1, 0.15) is 12.4 Å². The smallest absolute Gasteiger partial charge is 0.440 e. The quantitative estimate of drug-likeness (QED) is 0.248. The molecule has 0 radical (unpaired) electrons. The Morgan fingerprint density at radius 3 is 2.23 bits per heavy atom. The van der Waals surface area contributed by atoms with Crippen molar-refractivity contribution in [1.82, 2.24) is 14.6 Å². The number of anilines is 1. The number of benzene rings is 4. The molecule has 0 saturated heterocycles. The van der Waals surface area contributed by atoms with Gasteiger partial charge in [0, 0.05) is 38.9 Å². The largest absolute Gasteiger partial charge is 0.489 e. The Labute approximate surface area is 249 Å². The second-order valence-corrected chi connectivity index (χ2v) is 10.7. The zero-order valence-electron chi connectivity index (χ0n) is 24.7. The van der Waals surface area contributed by atoms with Crippen LogP contribution < -0.4 is 21.1 Å². The molecular weight excluding hydrogens is 544 g/mol. The van der Waals surface area contributed by atoms with Gasteiger partial charge >= 0.3 is 11.4 Å². The Bertz CT molecular complexity index is 1830. The number of carbonyl (C=O) groups is 1. The number of aromatic nitrogens is 2. The van der Waals surface area contributed by atoms with E-state index in [1.165, 1.54) is 0 Å². The van der Waals surface area contributed by atoms with E-state index < -0.39 is 11.4 Å². The molecule has 0 aliphatic rings. The molecule has 220 valence electrons. The van der Waals surface area contributed by atoms with Crippen LogP contribution in [0.15, 0.2) is 105 Å². The van der Waals surface area contributed by atoms with E-state index in [0.29, 0.717) is 24.5 Å². The SMILES string of the molecule is Cc1cc(C(=O)N(C)Cc2ccc(N(C)C)cc2)ccc1-c1cccc(COc2ccc(Cn3oc(=O)[nH]c3=O)cc2)c1. The normalized spacial score (nSPS) is 10.9. The number of hydrogen-bond acceptors (Lipinski definition) is 6. The molecule has 0 spiro atoms. The lowest BCUT2D eigenvalue weighted by Crippen LogP contribution is -2.26. The van der Waals surface area contributed by atoms with Gasteiger partial charge in [-0.1, -0.05) is 48.5 Å². The molecule has 0 atom stereocenters. The Hall–Kier alpha value is -5.31. The van der Waals surface area contributed by atoms with Crippen LogP contribution in [0.3, 0.4) is 0 Å². The first-order valence-electron chi connectivity index (χ1n) is 13.9. The van der Waals surface area contributed by atoms with Crippen molar-refractivity contribution in [3.05, 3.63) is 140 Å². The van der Waals surface area contributed by atoms with E-state index in [0.717, 1.165) is 43.8 Å². The highest BCUT2D eigenvalue weighted by atomic mass is 16.5. The molecule has 0 aliphatic heterocycles. The third kappa shape index (κ3) is 7.13. The van der Waals surface area contributed by atoms with Gasteiger partial charge in [0.2, 0.25) is 0 Å². The second kappa shape index (κ2) is 12.7. The standard InChI is InChI=1S/C34H34N4O5/c1-23-18-28(32(39)37(4)20-24-8-13-29(14-9-24)36(2)3)12-17-31(23)27-7-5-6-26(19-27)22-42-30-15-10-25(11-16-30)21-38-33(40)35-34(41)43-38/h5-19H,20-22H2,1-4H3,(H,35,40,41). The molecule has 5 aromatic rings. The number of rotatable bonds is 10. The number of hydrogen-bond donors (Lipinski definition) is 1. The number of nitrogens with one attached hydrogen (secondary N) is 1. The van der Waals surface area contributed by atoms with E-state index in [1.54, 1.807) is 4.90 Å². The van der Waals surface area contributed by atoms with Crippen LogP contribution >= 0.6 is 0 Å². The molecule has 0 fully saturated rings. The molecule has 43 heavy (non-hydrogen) atoms. The Morgan fingerprint density at radius 2 is 1.58 bits per heavy atom. The lowest BCUT2D eigenvalue weighted by Gasteiger charge is -2.19. The lowest BCUT2D eigenvalue weighted by atomic mass is 9.97. The molecule has 0 saturated carbocycles. The summed E-state index contributed by atoms with van der Waals surface area (Å²) in [4.78, 5) is 41.9. The van der Waals surface area contributed by atoms with Crippen LogP contribution in [0, 0.1) is 6.92 Å². The van der Waals surface area contributed by atoms with Crippen molar-refractivity contribution in [1.29, 1.82) is 0 Å². The summed E-state index contributed by atoms with van der Waals surface area (Å²) in [5, 5.41) is 0. The molecular formula is C34H34N4O5. The summed E-state index contributed by atoms with van der Waals surface area (Å²) in [5.74, 6) is -0.129. The van der Waals surface area contributed by atoms with Crippen LogP contribution in [0.5, 0.6) is 5.75 Å². The fourth-order valence-corrected chi connectivity index (χ4v) is 4.86. The number of aryl methyl sites for hydroxylation is 1. The van der Waals surface area contributed by atoms with Crippen molar-refractivity contribution in [3.63, 3.8) is 0 Å². The van der Waals surface area contributed by atoms with Gasteiger partial charge in [-0.3, -0.25) is 4.79 Å². The summed E-state index contributed by atoms with van der Waals surface area (Å²) < 4.78 is 11.8. The molecule has 5 rings (SSSR count). The van der Waals surface area contributed by atoms with E-state index in [9.17, 15) is 14.4 Å². The fourth-order valence-electron chi connectivity index (χ4n) is 4.86. The summed E-state index contributed by atoms with van der Waals surface area (Å²) in [6.45, 7) is 3.06. The summed E-state index contributed by atoms with van der Waals surface area (Å²) in [6.07, 6.45) is 0. The molecule has 1 amide bonds. The zero-order chi connectivity index (χ0) is 30.5. The molecule has 9 nitrogen and oxygen atoms in total. The zero-order valence-corrected chi connectivity index (χ0v) is 24.7. The maximum absolute atomic E-state index is 13.2. The van der Waals surface area contributed by atoms with Crippen LogP contribution in [-0.2, 0) is 19.7 Å². The number of nitrogens with zero attached hydrogens (tertiary/aromatic N) is 3. The average Bonchev–Trinajstić information content (AvgIpc) is 3.32. The minimum atomic E-state index is -0.780. The van der Waals surface area contributed by atoms with Crippen molar-refractivity contribution in [2.24, 2.45) is 0 Å². The predicted octanol–water partition coefficient (Wildman–Crippen LogP) is 5.07. The van der Waals surface area contributed by atoms with Crippen LogP contribution in [0.1, 0.15) is 32.6 Å². The maximum atomic E-state index is 13.2. The van der Waals surface area contributed by atoms with E-state index in [-0.39, 0.29) is 12.5 Å². The van der Waals surface area contributed by atoms with Gasteiger partial charge in [-0.25, -0.2) is 14.6 Å². The Morgan fingerprint density at radius 1 is 0.860 bits per heavy atom. The van der Waals surface area contributed by atoms with Crippen LogP contribution in [0.4, 0.5) is 5.69 Å². The third-order valence-electron chi connectivity index (χ3n) is 7.21. The van der Waals surface area contributed by atoms with Gasteiger partial charge in [0.05, 0.1) is 6.54 Å². The highest BCUT2D eigenvalue weighted by Gasteiger charge is 2.14. The highest BCUT2D eigenvalue weighted by molar-refractivity contribution is 5.95. The first-order chi connectivity index (χ1) is 20.7. The summed E-state index contributed by atoms with van der Waals surface area (Å²) >= 11 is 0. The number of carbonyl (C=O) groups excluding carboxylic acids is 1. The number of H-pyrrole nitrogens is 1. The summed E-state index contributed by atoms with van der Waals surface area (Å²) in [7, 11) is 5.83. The highest BCUT2D eigenvalue weighted by Crippen LogP contribution is 2.26. The van der Waals surface area contributed by atoms with Crippen LogP contribution in [-0.4, -0.2) is 41.7 Å². The molecule has 1 aromatic heterocycles. The first-order valence-corrected chi connectivity index (χ1v) is 13.9. The minimum absolute atomic E-state index is 0.0239. The Balaban J connectivity index is 1.21. The molecule has 0 bridgehead atoms. The van der Waals surface area contributed by atoms with Crippen molar-refractivity contribution in [3.8, 4) is 16.9 Å². The fraction of sp³-hybridized carbons (Fsp3) is 0.206. The van der Waals surface area contributed by atoms with Gasteiger partial charge in [-0.05, 0) is 82.8 Å². The van der Waals surface area contributed by atoms with Crippen LogP contribution in [0.2, 0.25) is 0 Å². The van der Waals surface area contributed by atoms with Gasteiger partial charge < -0.3 is 19.1 Å². The van der Waals surface area contributed by atoms with Crippen molar-refractivity contribution in [2.75, 3.05) is 26.0 Å². The first kappa shape index (κ1) is 29.2. The van der Waals surface area contributed by atoms with Gasteiger partial charge in [0.15, 0.2) is 0 Å². The van der Waals surface area contributed by atoms with E-state index in [4.69, 9.17) is 9.26 Å². The number of ether oxygens (including phenoxy) is 1. The summed E-state index contributed by atoms with van der Waals surface area (Å²) in [6, 6.07) is 29.4. The van der Waals surface area contributed by atoms with E-state index >= 15 is 0 Å². The molecule has 1 heterocycles. The van der Waals surface area contributed by atoms with Crippen LogP contribution in [0.25, 0.3) is 11.1 Å². The molecule has 9 heteroatoms. The van der Waals surface area contributed by atoms with Crippen molar-refractivity contribution in [2.45, 2.75) is 26.6 Å². The average molecular weight is 579 g/mol. The number of aromatic amines is 1. The second-order valence-electron chi connectivity index (χ2n) is 10.7. The monoisotopic (exact) mass is 578 g/mol. The topological polar surface area (TPSA) is 101 Å². The van der Waals surface area contributed by atoms with Gasteiger partial charge in [-0.2, -0.15) is 0 Å². The molecule has 0 aliphatic carbocycles. The minimum Gasteiger partial charge on any atom is -0.489 e. The van der Waals surface area contributed by atoms with Gasteiger partial charge in [0.25, 0.3) is 5.91 Å². The maximum Gasteiger partial charge on any atom is 0.440 e. The Kier molecular flexibility index (Phi) is 8.61. The van der Waals surface area contributed by atoms with E-state index in [2.05, 4.69) is 35.3 Å². The van der Waals surface area contributed by atoms with E-state index in [1.807, 2.05) is 93.6 Å². The van der Waals surface area contributed by atoms with Crippen molar-refractivity contribution >= 4 is 11.6 Å². The van der Waals surface area contributed by atoms with Gasteiger partial charge in [-0.15, -0.1) is 4.74 Å². The third-order valence-corrected chi connectivity index (χ3v) is 7.21. The summed E-state index contributed by atoms with van der Waals surface area (Å²) in [5.41, 5.74) is 7.17.